The van der Waals surface area contributed by atoms with Gasteiger partial charge in [0.15, 0.2) is 5.52 Å². The van der Waals surface area contributed by atoms with Crippen LogP contribution in [-0.4, -0.2) is 24.6 Å². The zero-order valence-corrected chi connectivity index (χ0v) is 12.5. The standard InChI is InChI=1S/C15H13FN4O4/c1-20-12-11(14(23)19-15(20)24)17-9(13(22)18-12)6-10(21)7-4-2-3-5-8(7)16/h2-5,10,21H,6H2,1H3,(H,18,22)(H,19,23,24)/t10-/m0/s1. The summed E-state index contributed by atoms with van der Waals surface area (Å²) in [6, 6.07) is 5.62. The molecule has 0 unspecified atom stereocenters. The summed E-state index contributed by atoms with van der Waals surface area (Å²) in [4.78, 5) is 43.9. The number of halogens is 1. The number of hydrogen-bond donors (Lipinski definition) is 3. The molecule has 3 aromatic rings. The Kier molecular flexibility index (Phi) is 3.86. The number of aromatic nitrogens is 4. The largest absolute Gasteiger partial charge is 0.388 e. The van der Waals surface area contributed by atoms with Gasteiger partial charge in [0, 0.05) is 19.0 Å². The van der Waals surface area contributed by atoms with E-state index >= 15 is 0 Å². The molecular formula is C15H13FN4O4. The van der Waals surface area contributed by atoms with Crippen molar-refractivity contribution in [3.8, 4) is 0 Å². The Morgan fingerprint density at radius 2 is 1.92 bits per heavy atom. The molecule has 0 aliphatic carbocycles. The minimum absolute atomic E-state index is 0.0215. The number of rotatable bonds is 3. The molecule has 8 nitrogen and oxygen atoms in total. The maximum atomic E-state index is 13.7. The molecule has 0 saturated heterocycles. The van der Waals surface area contributed by atoms with E-state index in [0.29, 0.717) is 0 Å². The first kappa shape index (κ1) is 15.8. The Labute approximate surface area is 133 Å². The van der Waals surface area contributed by atoms with E-state index in [1.54, 1.807) is 6.07 Å². The van der Waals surface area contributed by atoms with Crippen LogP contribution in [0.1, 0.15) is 17.4 Å². The van der Waals surface area contributed by atoms with Crippen molar-refractivity contribution in [2.24, 2.45) is 7.05 Å². The third-order valence-electron chi connectivity index (χ3n) is 3.69. The number of aliphatic hydroxyl groups is 1. The molecule has 2 heterocycles. The lowest BCUT2D eigenvalue weighted by Crippen LogP contribution is -2.32. The monoisotopic (exact) mass is 332 g/mol. The molecule has 124 valence electrons. The van der Waals surface area contributed by atoms with E-state index in [1.807, 2.05) is 0 Å². The van der Waals surface area contributed by atoms with Crippen LogP contribution in [0.2, 0.25) is 0 Å². The first-order chi connectivity index (χ1) is 11.4. The molecule has 3 rings (SSSR count). The molecule has 2 aromatic heterocycles. The van der Waals surface area contributed by atoms with Gasteiger partial charge in [-0.3, -0.25) is 19.1 Å². The van der Waals surface area contributed by atoms with Crippen LogP contribution in [0.4, 0.5) is 4.39 Å². The summed E-state index contributed by atoms with van der Waals surface area (Å²) in [6.07, 6.45) is -1.59. The average molecular weight is 332 g/mol. The van der Waals surface area contributed by atoms with Crippen LogP contribution in [0.3, 0.4) is 0 Å². The van der Waals surface area contributed by atoms with Crippen LogP contribution in [0, 0.1) is 5.82 Å². The summed E-state index contributed by atoms with van der Waals surface area (Å²) in [6.45, 7) is 0. The second-order valence-electron chi connectivity index (χ2n) is 5.27. The van der Waals surface area contributed by atoms with Crippen molar-refractivity contribution in [1.29, 1.82) is 0 Å². The lowest BCUT2D eigenvalue weighted by molar-refractivity contribution is 0.172. The van der Waals surface area contributed by atoms with Crippen LogP contribution in [0.25, 0.3) is 11.2 Å². The number of H-pyrrole nitrogens is 2. The van der Waals surface area contributed by atoms with Crippen LogP contribution in [-0.2, 0) is 13.5 Å². The van der Waals surface area contributed by atoms with E-state index in [2.05, 4.69) is 15.0 Å². The van der Waals surface area contributed by atoms with Gasteiger partial charge < -0.3 is 10.1 Å². The Hall–Kier alpha value is -3.07. The average Bonchev–Trinajstić information content (AvgIpc) is 2.54. The topological polar surface area (TPSA) is 121 Å². The van der Waals surface area contributed by atoms with E-state index in [-0.39, 0.29) is 28.8 Å². The number of benzene rings is 1. The van der Waals surface area contributed by atoms with Crippen molar-refractivity contribution in [2.45, 2.75) is 12.5 Å². The van der Waals surface area contributed by atoms with Crippen LogP contribution in [0.5, 0.6) is 0 Å². The van der Waals surface area contributed by atoms with E-state index < -0.39 is 28.7 Å². The summed E-state index contributed by atoms with van der Waals surface area (Å²) in [5.41, 5.74) is -2.41. The molecule has 0 amide bonds. The number of fused-ring (bicyclic) bond motifs is 1. The third kappa shape index (κ3) is 2.65. The van der Waals surface area contributed by atoms with Gasteiger partial charge in [0.25, 0.3) is 11.1 Å². The van der Waals surface area contributed by atoms with Gasteiger partial charge in [-0.2, -0.15) is 0 Å². The van der Waals surface area contributed by atoms with Crippen LogP contribution >= 0.6 is 0 Å². The van der Waals surface area contributed by atoms with E-state index in [1.165, 1.54) is 25.2 Å². The molecule has 1 aromatic carbocycles. The van der Waals surface area contributed by atoms with E-state index in [0.717, 1.165) is 4.57 Å². The fraction of sp³-hybridized carbons (Fsp3) is 0.200. The Bertz CT molecular complexity index is 1100. The molecule has 0 fully saturated rings. The van der Waals surface area contributed by atoms with Gasteiger partial charge in [0.1, 0.15) is 17.2 Å². The minimum Gasteiger partial charge on any atom is -0.388 e. The molecule has 0 aliphatic heterocycles. The second-order valence-corrected chi connectivity index (χ2v) is 5.27. The summed E-state index contributed by atoms with van der Waals surface area (Å²) >= 11 is 0. The molecule has 0 radical (unpaired) electrons. The van der Waals surface area contributed by atoms with Crippen molar-refractivity contribution >= 4 is 11.2 Å². The fourth-order valence-electron chi connectivity index (χ4n) is 2.40. The Balaban J connectivity index is 2.10. The predicted octanol–water partition coefficient (Wildman–Crippen LogP) is -0.275. The van der Waals surface area contributed by atoms with Crippen molar-refractivity contribution in [3.05, 3.63) is 72.5 Å². The number of aliphatic hydroxyl groups excluding tert-OH is 1. The molecule has 24 heavy (non-hydrogen) atoms. The maximum absolute atomic E-state index is 13.7. The van der Waals surface area contributed by atoms with Gasteiger partial charge in [0.05, 0.1) is 6.10 Å². The maximum Gasteiger partial charge on any atom is 0.329 e. The third-order valence-corrected chi connectivity index (χ3v) is 3.69. The van der Waals surface area contributed by atoms with Gasteiger partial charge >= 0.3 is 5.69 Å². The SMILES string of the molecule is Cn1c(=O)[nH]c(=O)c2nc(C[C@H](O)c3ccccc3F)c(=O)[nH]c21. The van der Waals surface area contributed by atoms with E-state index in [9.17, 15) is 23.9 Å². The second kappa shape index (κ2) is 5.85. The number of nitrogens with one attached hydrogen (secondary N) is 2. The van der Waals surface area contributed by atoms with Crippen molar-refractivity contribution in [2.75, 3.05) is 0 Å². The van der Waals surface area contributed by atoms with Crippen molar-refractivity contribution < 1.29 is 9.50 Å². The minimum atomic E-state index is -1.30. The summed E-state index contributed by atoms with van der Waals surface area (Å²) in [5.74, 6) is -0.609. The molecule has 1 atom stereocenters. The zero-order valence-electron chi connectivity index (χ0n) is 12.5. The van der Waals surface area contributed by atoms with Gasteiger partial charge in [0.2, 0.25) is 0 Å². The normalized spacial score (nSPS) is 12.5. The number of nitrogens with zero attached hydrogens (tertiary/aromatic N) is 2. The lowest BCUT2D eigenvalue weighted by atomic mass is 10.0. The van der Waals surface area contributed by atoms with Gasteiger partial charge in [-0.15, -0.1) is 0 Å². The number of aryl methyl sites for hydroxylation is 1. The van der Waals surface area contributed by atoms with Crippen molar-refractivity contribution in [1.82, 2.24) is 19.5 Å². The Morgan fingerprint density at radius 1 is 1.21 bits per heavy atom. The van der Waals surface area contributed by atoms with E-state index in [4.69, 9.17) is 0 Å². The lowest BCUT2D eigenvalue weighted by Gasteiger charge is -2.11. The van der Waals surface area contributed by atoms with Crippen LogP contribution in [0.15, 0.2) is 38.6 Å². The highest BCUT2D eigenvalue weighted by Crippen LogP contribution is 2.19. The molecule has 0 saturated carbocycles. The molecule has 0 spiro atoms. The summed E-state index contributed by atoms with van der Waals surface area (Å²) in [7, 11) is 1.37. The fourth-order valence-corrected chi connectivity index (χ4v) is 2.40. The first-order valence-corrected chi connectivity index (χ1v) is 7.03. The summed E-state index contributed by atoms with van der Waals surface area (Å²) < 4.78 is 14.7. The highest BCUT2D eigenvalue weighted by Gasteiger charge is 2.18. The van der Waals surface area contributed by atoms with Crippen molar-refractivity contribution in [3.63, 3.8) is 0 Å². The highest BCUT2D eigenvalue weighted by molar-refractivity contribution is 5.68. The number of aromatic amines is 2. The summed E-state index contributed by atoms with van der Waals surface area (Å²) in [5, 5.41) is 10.1. The van der Waals surface area contributed by atoms with Gasteiger partial charge in [-0.05, 0) is 6.07 Å². The van der Waals surface area contributed by atoms with Crippen LogP contribution < -0.4 is 16.8 Å². The molecule has 9 heteroatoms. The molecule has 3 N–H and O–H groups in total. The molecular weight excluding hydrogens is 319 g/mol. The number of hydrogen-bond acceptors (Lipinski definition) is 5. The zero-order chi connectivity index (χ0) is 17.4. The molecule has 0 aliphatic rings. The predicted molar refractivity (Wildman–Crippen MR) is 83.3 cm³/mol. The smallest absolute Gasteiger partial charge is 0.329 e. The Morgan fingerprint density at radius 3 is 2.62 bits per heavy atom. The van der Waals surface area contributed by atoms with Gasteiger partial charge in [-0.1, -0.05) is 18.2 Å². The quantitative estimate of drug-likeness (QED) is 0.609. The highest BCUT2D eigenvalue weighted by atomic mass is 19.1. The van der Waals surface area contributed by atoms with Gasteiger partial charge in [-0.25, -0.2) is 14.2 Å². The first-order valence-electron chi connectivity index (χ1n) is 7.03. The molecule has 0 bridgehead atoms.